The number of nitrogens with one attached hydrogen (secondary N) is 1. The molecule has 0 radical (unpaired) electrons. The van der Waals surface area contributed by atoms with Gasteiger partial charge in [0.2, 0.25) is 0 Å². The summed E-state index contributed by atoms with van der Waals surface area (Å²) in [5.74, 6) is 2.03. The number of fused-ring (bicyclic) bond motifs is 1. The Morgan fingerprint density at radius 2 is 1.84 bits per heavy atom. The van der Waals surface area contributed by atoms with Crippen molar-refractivity contribution < 1.29 is 0 Å². The zero-order valence-electron chi connectivity index (χ0n) is 12.6. The van der Waals surface area contributed by atoms with Crippen LogP contribution in [-0.4, -0.2) is 37.1 Å². The standard InChI is InChI=1S/C17H32N2/c1-2-10-17-16(8-1)9-5-13-19(17)12-4-7-15-6-3-11-18-14-15/h15-18H,1-14H2. The van der Waals surface area contributed by atoms with Crippen LogP contribution in [-0.2, 0) is 0 Å². The summed E-state index contributed by atoms with van der Waals surface area (Å²) in [6, 6.07) is 0.965. The molecular weight excluding hydrogens is 232 g/mol. The monoisotopic (exact) mass is 264 g/mol. The molecule has 2 heterocycles. The zero-order valence-corrected chi connectivity index (χ0v) is 12.6. The van der Waals surface area contributed by atoms with Gasteiger partial charge in [0.15, 0.2) is 0 Å². The lowest BCUT2D eigenvalue weighted by Crippen LogP contribution is -2.47. The molecule has 1 N–H and O–H groups in total. The third-order valence-electron chi connectivity index (χ3n) is 5.81. The fourth-order valence-corrected chi connectivity index (χ4v) is 4.76. The Balaban J connectivity index is 1.40. The normalized spacial score (nSPS) is 36.9. The summed E-state index contributed by atoms with van der Waals surface area (Å²) in [7, 11) is 0. The molecule has 0 amide bonds. The molecule has 2 heteroatoms. The molecule has 110 valence electrons. The molecule has 2 nitrogen and oxygen atoms in total. The summed E-state index contributed by atoms with van der Waals surface area (Å²) in [4.78, 5) is 2.86. The summed E-state index contributed by atoms with van der Waals surface area (Å²) in [5, 5.41) is 3.55. The molecule has 1 saturated carbocycles. The molecule has 1 aliphatic carbocycles. The second-order valence-electron chi connectivity index (χ2n) is 7.14. The molecule has 3 atom stereocenters. The first-order valence-electron chi connectivity index (χ1n) is 8.88. The quantitative estimate of drug-likeness (QED) is 0.837. The minimum Gasteiger partial charge on any atom is -0.316 e. The van der Waals surface area contributed by atoms with Crippen LogP contribution in [0.5, 0.6) is 0 Å². The van der Waals surface area contributed by atoms with Crippen molar-refractivity contribution in [2.24, 2.45) is 11.8 Å². The molecular formula is C17H32N2. The van der Waals surface area contributed by atoms with E-state index in [-0.39, 0.29) is 0 Å². The van der Waals surface area contributed by atoms with E-state index in [0.29, 0.717) is 0 Å². The van der Waals surface area contributed by atoms with Gasteiger partial charge in [0.05, 0.1) is 0 Å². The number of likely N-dealkylation sites (tertiary alicyclic amines) is 1. The Kier molecular flexibility index (Phi) is 5.17. The Bertz CT molecular complexity index is 258. The van der Waals surface area contributed by atoms with Crippen LogP contribution in [0.4, 0.5) is 0 Å². The molecule has 0 aromatic carbocycles. The predicted molar refractivity (Wildman–Crippen MR) is 81.4 cm³/mol. The van der Waals surface area contributed by atoms with E-state index in [0.717, 1.165) is 17.9 Å². The van der Waals surface area contributed by atoms with Crippen molar-refractivity contribution in [2.75, 3.05) is 26.2 Å². The molecule has 3 aliphatic rings. The maximum atomic E-state index is 3.55. The van der Waals surface area contributed by atoms with Crippen LogP contribution in [0, 0.1) is 11.8 Å². The number of piperidine rings is 2. The van der Waals surface area contributed by atoms with E-state index >= 15 is 0 Å². The van der Waals surface area contributed by atoms with Crippen molar-refractivity contribution in [1.29, 1.82) is 0 Å². The lowest BCUT2D eigenvalue weighted by molar-refractivity contribution is 0.0583. The van der Waals surface area contributed by atoms with E-state index < -0.39 is 0 Å². The molecule has 3 unspecified atom stereocenters. The SMILES string of the molecule is C1CNCC(CCCN2CCCC3CCCCC32)C1. The van der Waals surface area contributed by atoms with Crippen LogP contribution >= 0.6 is 0 Å². The number of hydrogen-bond acceptors (Lipinski definition) is 2. The third-order valence-corrected chi connectivity index (χ3v) is 5.81. The van der Waals surface area contributed by atoms with Gasteiger partial charge in [0.1, 0.15) is 0 Å². The van der Waals surface area contributed by atoms with Crippen molar-refractivity contribution >= 4 is 0 Å². The Labute approximate surface area is 119 Å². The van der Waals surface area contributed by atoms with Gasteiger partial charge in [-0.25, -0.2) is 0 Å². The summed E-state index contributed by atoms with van der Waals surface area (Å²) < 4.78 is 0. The minimum atomic E-state index is 0.965. The van der Waals surface area contributed by atoms with Crippen LogP contribution in [0.15, 0.2) is 0 Å². The van der Waals surface area contributed by atoms with Gasteiger partial charge in [-0.15, -0.1) is 0 Å². The first-order chi connectivity index (χ1) is 9.43. The maximum absolute atomic E-state index is 3.55. The highest BCUT2D eigenvalue weighted by molar-refractivity contribution is 4.87. The van der Waals surface area contributed by atoms with Gasteiger partial charge < -0.3 is 10.2 Å². The second-order valence-corrected chi connectivity index (χ2v) is 7.14. The maximum Gasteiger partial charge on any atom is 0.0123 e. The van der Waals surface area contributed by atoms with Gasteiger partial charge >= 0.3 is 0 Å². The van der Waals surface area contributed by atoms with Gasteiger partial charge in [-0.3, -0.25) is 0 Å². The molecule has 19 heavy (non-hydrogen) atoms. The summed E-state index contributed by atoms with van der Waals surface area (Å²) in [5.41, 5.74) is 0. The number of nitrogens with zero attached hydrogens (tertiary/aromatic N) is 1. The molecule has 0 spiro atoms. The van der Waals surface area contributed by atoms with Crippen molar-refractivity contribution in [3.05, 3.63) is 0 Å². The van der Waals surface area contributed by atoms with E-state index in [1.165, 1.54) is 90.4 Å². The molecule has 3 rings (SSSR count). The smallest absolute Gasteiger partial charge is 0.0123 e. The van der Waals surface area contributed by atoms with E-state index in [1.807, 2.05) is 0 Å². The van der Waals surface area contributed by atoms with Crippen LogP contribution in [0.25, 0.3) is 0 Å². The van der Waals surface area contributed by atoms with Crippen molar-refractivity contribution in [3.63, 3.8) is 0 Å². The van der Waals surface area contributed by atoms with Crippen LogP contribution in [0.3, 0.4) is 0 Å². The molecule has 0 bridgehead atoms. The molecule has 0 aromatic heterocycles. The van der Waals surface area contributed by atoms with Crippen LogP contribution in [0.1, 0.15) is 64.2 Å². The Morgan fingerprint density at radius 1 is 0.947 bits per heavy atom. The van der Waals surface area contributed by atoms with Crippen LogP contribution < -0.4 is 5.32 Å². The van der Waals surface area contributed by atoms with E-state index in [1.54, 1.807) is 0 Å². The lowest BCUT2D eigenvalue weighted by atomic mass is 9.78. The van der Waals surface area contributed by atoms with Gasteiger partial charge in [0.25, 0.3) is 0 Å². The fraction of sp³-hybridized carbons (Fsp3) is 1.00. The Morgan fingerprint density at radius 3 is 2.74 bits per heavy atom. The zero-order chi connectivity index (χ0) is 12.9. The van der Waals surface area contributed by atoms with Crippen molar-refractivity contribution in [1.82, 2.24) is 10.2 Å². The van der Waals surface area contributed by atoms with E-state index in [4.69, 9.17) is 0 Å². The lowest BCUT2D eigenvalue weighted by Gasteiger charge is -2.44. The van der Waals surface area contributed by atoms with Gasteiger partial charge in [-0.1, -0.05) is 12.8 Å². The summed E-state index contributed by atoms with van der Waals surface area (Å²) in [6.45, 7) is 5.32. The van der Waals surface area contributed by atoms with Crippen LogP contribution in [0.2, 0.25) is 0 Å². The Hall–Kier alpha value is -0.0800. The van der Waals surface area contributed by atoms with Gasteiger partial charge in [-0.05, 0) is 89.4 Å². The largest absolute Gasteiger partial charge is 0.316 e. The first-order valence-corrected chi connectivity index (χ1v) is 8.88. The highest BCUT2D eigenvalue weighted by atomic mass is 15.2. The van der Waals surface area contributed by atoms with Crippen molar-refractivity contribution in [2.45, 2.75) is 70.3 Å². The molecule has 3 fully saturated rings. The molecule has 0 aromatic rings. The summed E-state index contributed by atoms with van der Waals surface area (Å²) >= 11 is 0. The average Bonchev–Trinajstić information content (AvgIpc) is 2.49. The third kappa shape index (κ3) is 3.72. The first kappa shape index (κ1) is 13.9. The average molecular weight is 264 g/mol. The molecule has 2 saturated heterocycles. The topological polar surface area (TPSA) is 15.3 Å². The van der Waals surface area contributed by atoms with Crippen molar-refractivity contribution in [3.8, 4) is 0 Å². The minimum absolute atomic E-state index is 0.965. The second kappa shape index (κ2) is 7.08. The van der Waals surface area contributed by atoms with Gasteiger partial charge in [-0.2, -0.15) is 0 Å². The van der Waals surface area contributed by atoms with E-state index in [9.17, 15) is 0 Å². The number of rotatable bonds is 4. The summed E-state index contributed by atoms with van der Waals surface area (Å²) in [6.07, 6.45) is 14.8. The fourth-order valence-electron chi connectivity index (χ4n) is 4.76. The van der Waals surface area contributed by atoms with Gasteiger partial charge in [0, 0.05) is 6.04 Å². The highest BCUT2D eigenvalue weighted by Gasteiger charge is 2.32. The predicted octanol–water partition coefficient (Wildman–Crippen LogP) is 3.42. The van der Waals surface area contributed by atoms with E-state index in [2.05, 4.69) is 10.2 Å². The highest BCUT2D eigenvalue weighted by Crippen LogP contribution is 2.35. The number of hydrogen-bond donors (Lipinski definition) is 1. The molecule has 2 aliphatic heterocycles.